The second-order valence-corrected chi connectivity index (χ2v) is 4.92. The van der Waals surface area contributed by atoms with E-state index in [0.717, 1.165) is 5.39 Å². The van der Waals surface area contributed by atoms with Gasteiger partial charge < -0.3 is 5.11 Å². The Kier molecular flexibility index (Phi) is 3.85. The van der Waals surface area contributed by atoms with Crippen LogP contribution in [0.15, 0.2) is 24.3 Å². The van der Waals surface area contributed by atoms with Crippen molar-refractivity contribution in [3.63, 3.8) is 0 Å². The number of hydrogen-bond acceptors (Lipinski definition) is 3. The maximum absolute atomic E-state index is 11.0. The smallest absolute Gasteiger partial charge is 0.135 e. The van der Waals surface area contributed by atoms with Gasteiger partial charge in [0.05, 0.1) is 11.6 Å². The summed E-state index contributed by atoms with van der Waals surface area (Å²) in [6, 6.07) is 6.96. The van der Waals surface area contributed by atoms with Crippen molar-refractivity contribution in [2.45, 2.75) is 19.4 Å². The van der Waals surface area contributed by atoms with Gasteiger partial charge in [0, 0.05) is 22.4 Å². The number of halogens is 2. The first-order valence-corrected chi connectivity index (χ1v) is 6.16. The molecular weight excluding hydrogens is 273 g/mol. The monoisotopic (exact) mass is 283 g/mol. The molecule has 94 valence electrons. The molecule has 1 aromatic carbocycles. The normalized spacial score (nSPS) is 12.7. The third-order valence-electron chi connectivity index (χ3n) is 2.60. The van der Waals surface area contributed by atoms with Crippen molar-refractivity contribution < 1.29 is 9.90 Å². The zero-order valence-electron chi connectivity index (χ0n) is 9.65. The van der Waals surface area contributed by atoms with E-state index in [0.29, 0.717) is 16.1 Å². The molecule has 1 aromatic heterocycles. The Hall–Kier alpha value is -1.16. The van der Waals surface area contributed by atoms with Gasteiger partial charge in [0.1, 0.15) is 10.9 Å². The van der Waals surface area contributed by atoms with E-state index in [-0.39, 0.29) is 17.4 Å². The second kappa shape index (κ2) is 5.22. The summed E-state index contributed by atoms with van der Waals surface area (Å²) in [4.78, 5) is 15.2. The number of carbonyl (C=O) groups is 1. The molecule has 2 rings (SSSR count). The molecule has 1 heterocycles. The summed E-state index contributed by atoms with van der Waals surface area (Å²) >= 11 is 11.9. The maximum Gasteiger partial charge on any atom is 0.135 e. The van der Waals surface area contributed by atoms with E-state index in [2.05, 4.69) is 4.98 Å². The fraction of sp³-hybridized carbons (Fsp3) is 0.231. The van der Waals surface area contributed by atoms with E-state index >= 15 is 0 Å². The molecule has 1 unspecified atom stereocenters. The lowest BCUT2D eigenvalue weighted by molar-refractivity contribution is -0.118. The number of aliphatic hydroxyl groups excluding tert-OH is 1. The number of Topliss-reactive ketones (excluding diaryl/α,β-unsaturated/α-hetero) is 1. The van der Waals surface area contributed by atoms with Crippen LogP contribution in [0.25, 0.3) is 10.9 Å². The number of ketones is 1. The van der Waals surface area contributed by atoms with Crippen molar-refractivity contribution in [2.75, 3.05) is 0 Å². The van der Waals surface area contributed by atoms with Crippen molar-refractivity contribution in [3.05, 3.63) is 40.0 Å². The van der Waals surface area contributed by atoms with Crippen molar-refractivity contribution in [1.29, 1.82) is 0 Å². The van der Waals surface area contributed by atoms with Crippen LogP contribution in [0.5, 0.6) is 0 Å². The molecule has 0 radical (unpaired) electrons. The largest absolute Gasteiger partial charge is 0.388 e. The molecule has 0 bridgehead atoms. The van der Waals surface area contributed by atoms with Gasteiger partial charge in [-0.05, 0) is 25.1 Å². The standard InChI is InChI=1S/C13H11Cl2NO2/c1-7(17)4-12(18)10-5-8-2-3-9(14)6-11(8)16-13(10)15/h2-3,5-6,12,18H,4H2,1H3. The fourth-order valence-corrected chi connectivity index (χ4v) is 2.19. The molecule has 2 aromatic rings. The number of pyridine rings is 1. The number of fused-ring (bicyclic) bond motifs is 1. The highest BCUT2D eigenvalue weighted by Gasteiger charge is 2.15. The van der Waals surface area contributed by atoms with E-state index in [9.17, 15) is 9.90 Å². The maximum atomic E-state index is 11.0. The molecule has 0 saturated heterocycles. The summed E-state index contributed by atoms with van der Waals surface area (Å²) < 4.78 is 0. The highest BCUT2D eigenvalue weighted by atomic mass is 35.5. The minimum atomic E-state index is -0.928. The van der Waals surface area contributed by atoms with Gasteiger partial charge in [-0.1, -0.05) is 29.3 Å². The summed E-state index contributed by atoms with van der Waals surface area (Å²) in [5.74, 6) is -0.102. The van der Waals surface area contributed by atoms with Crippen molar-refractivity contribution in [1.82, 2.24) is 4.98 Å². The summed E-state index contributed by atoms with van der Waals surface area (Å²) in [7, 11) is 0. The minimum Gasteiger partial charge on any atom is -0.388 e. The number of carbonyl (C=O) groups excluding carboxylic acids is 1. The number of benzene rings is 1. The quantitative estimate of drug-likeness (QED) is 0.877. The average Bonchev–Trinajstić information content (AvgIpc) is 2.26. The van der Waals surface area contributed by atoms with Gasteiger partial charge in [-0.2, -0.15) is 0 Å². The minimum absolute atomic E-state index is 0.0283. The highest BCUT2D eigenvalue weighted by Crippen LogP contribution is 2.28. The Morgan fingerprint density at radius 3 is 2.78 bits per heavy atom. The predicted octanol–water partition coefficient (Wildman–Crippen LogP) is 3.55. The van der Waals surface area contributed by atoms with Crippen LogP contribution >= 0.6 is 23.2 Å². The van der Waals surface area contributed by atoms with Crippen LogP contribution in [-0.4, -0.2) is 15.9 Å². The molecule has 0 fully saturated rings. The highest BCUT2D eigenvalue weighted by molar-refractivity contribution is 6.32. The van der Waals surface area contributed by atoms with Gasteiger partial charge in [-0.25, -0.2) is 4.98 Å². The SMILES string of the molecule is CC(=O)CC(O)c1cc2ccc(Cl)cc2nc1Cl. The lowest BCUT2D eigenvalue weighted by Crippen LogP contribution is -2.04. The molecule has 1 atom stereocenters. The summed E-state index contributed by atoms with van der Waals surface area (Å²) in [6.07, 6.45) is -0.900. The van der Waals surface area contributed by atoms with Gasteiger partial charge in [0.15, 0.2) is 0 Å². The topological polar surface area (TPSA) is 50.2 Å². The lowest BCUT2D eigenvalue weighted by atomic mass is 10.0. The van der Waals surface area contributed by atoms with Crippen LogP contribution in [0.3, 0.4) is 0 Å². The molecule has 18 heavy (non-hydrogen) atoms. The van der Waals surface area contributed by atoms with Crippen molar-refractivity contribution >= 4 is 39.9 Å². The van der Waals surface area contributed by atoms with Crippen LogP contribution in [0.1, 0.15) is 25.0 Å². The van der Waals surface area contributed by atoms with Crippen LogP contribution in [-0.2, 0) is 4.79 Å². The molecule has 0 aliphatic carbocycles. The van der Waals surface area contributed by atoms with Gasteiger partial charge in [-0.15, -0.1) is 0 Å². The van der Waals surface area contributed by atoms with Crippen LogP contribution in [0.4, 0.5) is 0 Å². The molecule has 3 nitrogen and oxygen atoms in total. The first kappa shape index (κ1) is 13.3. The Balaban J connectivity index is 2.49. The molecule has 0 amide bonds. The fourth-order valence-electron chi connectivity index (χ4n) is 1.75. The first-order valence-electron chi connectivity index (χ1n) is 5.40. The van der Waals surface area contributed by atoms with Crippen LogP contribution < -0.4 is 0 Å². The number of aromatic nitrogens is 1. The van der Waals surface area contributed by atoms with Gasteiger partial charge >= 0.3 is 0 Å². The van der Waals surface area contributed by atoms with E-state index in [1.807, 2.05) is 0 Å². The molecule has 0 spiro atoms. The number of rotatable bonds is 3. The van der Waals surface area contributed by atoms with E-state index in [1.165, 1.54) is 6.92 Å². The summed E-state index contributed by atoms with van der Waals surface area (Å²) in [5.41, 5.74) is 1.12. The van der Waals surface area contributed by atoms with Crippen molar-refractivity contribution in [3.8, 4) is 0 Å². The number of hydrogen-bond donors (Lipinski definition) is 1. The third-order valence-corrected chi connectivity index (χ3v) is 3.14. The molecule has 5 heteroatoms. The van der Waals surface area contributed by atoms with Crippen molar-refractivity contribution in [2.24, 2.45) is 0 Å². The Bertz CT molecular complexity index is 613. The molecular formula is C13H11Cl2NO2. The first-order chi connectivity index (χ1) is 8.47. The molecule has 0 saturated carbocycles. The van der Waals surface area contributed by atoms with E-state index < -0.39 is 6.10 Å². The van der Waals surface area contributed by atoms with E-state index in [1.54, 1.807) is 24.3 Å². The molecule has 0 aliphatic rings. The Morgan fingerprint density at radius 2 is 2.11 bits per heavy atom. The summed E-state index contributed by atoms with van der Waals surface area (Å²) in [5, 5.41) is 11.5. The van der Waals surface area contributed by atoms with Gasteiger partial charge in [-0.3, -0.25) is 4.79 Å². The van der Waals surface area contributed by atoms with Crippen LogP contribution in [0.2, 0.25) is 10.2 Å². The lowest BCUT2D eigenvalue weighted by Gasteiger charge is -2.11. The Morgan fingerprint density at radius 1 is 1.39 bits per heavy atom. The predicted molar refractivity (Wildman–Crippen MR) is 72.0 cm³/mol. The zero-order valence-corrected chi connectivity index (χ0v) is 11.2. The summed E-state index contributed by atoms with van der Waals surface area (Å²) in [6.45, 7) is 1.42. The average molecular weight is 284 g/mol. The second-order valence-electron chi connectivity index (χ2n) is 4.13. The third kappa shape index (κ3) is 2.80. The zero-order chi connectivity index (χ0) is 13.3. The van der Waals surface area contributed by atoms with Crippen LogP contribution in [0, 0.1) is 0 Å². The Labute approximate surface area is 114 Å². The number of nitrogens with zero attached hydrogens (tertiary/aromatic N) is 1. The molecule has 1 N–H and O–H groups in total. The molecule has 0 aliphatic heterocycles. The van der Waals surface area contributed by atoms with Gasteiger partial charge in [0.2, 0.25) is 0 Å². The van der Waals surface area contributed by atoms with E-state index in [4.69, 9.17) is 23.2 Å². The van der Waals surface area contributed by atoms with Gasteiger partial charge in [0.25, 0.3) is 0 Å². The number of aliphatic hydroxyl groups is 1.